The summed E-state index contributed by atoms with van der Waals surface area (Å²) >= 11 is 8.59. The van der Waals surface area contributed by atoms with Crippen molar-refractivity contribution < 1.29 is 9.53 Å². The van der Waals surface area contributed by atoms with E-state index in [2.05, 4.69) is 30.6 Å². The first-order valence-electron chi connectivity index (χ1n) is 8.02. The van der Waals surface area contributed by atoms with Crippen molar-refractivity contribution in [1.82, 2.24) is 5.32 Å². The summed E-state index contributed by atoms with van der Waals surface area (Å²) in [6.45, 7) is 1.42. The van der Waals surface area contributed by atoms with Crippen molar-refractivity contribution in [3.05, 3.63) is 41.1 Å². The molecule has 0 aliphatic carbocycles. The lowest BCUT2D eigenvalue weighted by atomic mass is 10.1. The Morgan fingerprint density at radius 1 is 1.21 bits per heavy atom. The Morgan fingerprint density at radius 2 is 1.96 bits per heavy atom. The number of hydrogen-bond donors (Lipinski definition) is 5. The zero-order valence-corrected chi connectivity index (χ0v) is 15.6. The maximum atomic E-state index is 11.8. The summed E-state index contributed by atoms with van der Waals surface area (Å²) in [6, 6.07) is 5.83. The first-order valence-corrected chi connectivity index (χ1v) is 9.29. The Hall–Kier alpha value is -1.31. The smallest absolute Gasteiger partial charge is 0.266 e. The highest BCUT2D eigenvalue weighted by atomic mass is 32.1. The first kappa shape index (κ1) is 20.7. The van der Waals surface area contributed by atoms with Crippen molar-refractivity contribution in [1.29, 1.82) is 0 Å². The zero-order chi connectivity index (χ0) is 17.8. The van der Waals surface area contributed by atoms with E-state index >= 15 is 0 Å². The van der Waals surface area contributed by atoms with E-state index in [-0.39, 0.29) is 11.6 Å². The fourth-order valence-corrected chi connectivity index (χ4v) is 2.67. The second kappa shape index (κ2) is 12.1. The number of allylic oxidation sites excluding steroid dienone is 1. The lowest BCUT2D eigenvalue weighted by Gasteiger charge is -2.11. The van der Waals surface area contributed by atoms with Gasteiger partial charge in [-0.1, -0.05) is 12.1 Å². The highest BCUT2D eigenvalue weighted by Gasteiger charge is 2.05. The molecular weight excluding hydrogens is 342 g/mol. The minimum atomic E-state index is -0.271. The predicted octanol–water partition coefficient (Wildman–Crippen LogP) is 2.01. The summed E-state index contributed by atoms with van der Waals surface area (Å²) in [5.74, 6) is 1.79. The molecule has 5 N–H and O–H groups in total. The van der Waals surface area contributed by atoms with Gasteiger partial charge in [0.1, 0.15) is 12.4 Å². The van der Waals surface area contributed by atoms with Gasteiger partial charge in [0.05, 0.1) is 12.2 Å². The lowest BCUT2D eigenvalue weighted by molar-refractivity contribution is -0.117. The minimum absolute atomic E-state index is 0.238. The SMILES string of the molecule is NCCCCC=C(N)C(=O)NCCOc1ccc(CS)c(CS)c1. The van der Waals surface area contributed by atoms with Gasteiger partial charge in [0.15, 0.2) is 0 Å². The Balaban J connectivity index is 2.33. The molecule has 0 bridgehead atoms. The van der Waals surface area contributed by atoms with Crippen LogP contribution in [0.15, 0.2) is 30.0 Å². The van der Waals surface area contributed by atoms with Gasteiger partial charge < -0.3 is 21.5 Å². The molecule has 1 amide bonds. The second-order valence-corrected chi connectivity index (χ2v) is 5.93. The number of ether oxygens (including phenoxy) is 1. The Kier molecular flexibility index (Phi) is 10.5. The van der Waals surface area contributed by atoms with Crippen molar-refractivity contribution in [3.8, 4) is 5.75 Å². The van der Waals surface area contributed by atoms with E-state index in [0.717, 1.165) is 36.1 Å². The number of unbranched alkanes of at least 4 members (excludes halogenated alkanes) is 2. The van der Waals surface area contributed by atoms with Crippen LogP contribution in [-0.2, 0) is 16.3 Å². The number of rotatable bonds is 11. The van der Waals surface area contributed by atoms with Crippen LogP contribution >= 0.6 is 25.3 Å². The molecular formula is C17H27N3O2S2. The van der Waals surface area contributed by atoms with Gasteiger partial charge in [0.25, 0.3) is 5.91 Å². The van der Waals surface area contributed by atoms with E-state index in [1.54, 1.807) is 6.08 Å². The van der Waals surface area contributed by atoms with Gasteiger partial charge in [0.2, 0.25) is 0 Å². The van der Waals surface area contributed by atoms with E-state index in [0.29, 0.717) is 31.2 Å². The van der Waals surface area contributed by atoms with Gasteiger partial charge in [-0.15, -0.1) is 0 Å². The van der Waals surface area contributed by atoms with Gasteiger partial charge in [-0.2, -0.15) is 25.3 Å². The van der Waals surface area contributed by atoms with Crippen molar-refractivity contribution in [2.75, 3.05) is 19.7 Å². The van der Waals surface area contributed by atoms with Crippen molar-refractivity contribution in [2.45, 2.75) is 30.8 Å². The van der Waals surface area contributed by atoms with Gasteiger partial charge in [0, 0.05) is 11.5 Å². The summed E-state index contributed by atoms with van der Waals surface area (Å²) < 4.78 is 5.64. The van der Waals surface area contributed by atoms with Gasteiger partial charge in [-0.05, 0) is 49.1 Å². The third kappa shape index (κ3) is 7.51. The van der Waals surface area contributed by atoms with Crippen LogP contribution < -0.4 is 21.5 Å². The average Bonchev–Trinajstić information content (AvgIpc) is 2.61. The minimum Gasteiger partial charge on any atom is -0.492 e. The highest BCUT2D eigenvalue weighted by Crippen LogP contribution is 2.20. The highest BCUT2D eigenvalue weighted by molar-refractivity contribution is 7.79. The summed E-state index contributed by atoms with van der Waals surface area (Å²) in [5, 5.41) is 2.74. The van der Waals surface area contributed by atoms with Crippen LogP contribution in [0.1, 0.15) is 30.4 Å². The fourth-order valence-electron chi connectivity index (χ4n) is 2.07. The molecule has 1 aromatic carbocycles. The maximum Gasteiger partial charge on any atom is 0.266 e. The number of carbonyl (C=O) groups excluding carboxylic acids is 1. The fraction of sp³-hybridized carbons (Fsp3) is 0.471. The molecule has 134 valence electrons. The standard InChI is InChI=1S/C17H27N3O2S2/c18-7-3-1-2-4-16(19)17(21)20-8-9-22-15-6-5-13(11-23)14(10-15)12-24/h4-6,10,23-24H,1-3,7-9,11-12,18-19H2,(H,20,21). The number of hydrogen-bond acceptors (Lipinski definition) is 6. The van der Waals surface area contributed by atoms with E-state index in [9.17, 15) is 4.79 Å². The molecule has 24 heavy (non-hydrogen) atoms. The number of amides is 1. The quantitative estimate of drug-likeness (QED) is 0.234. The number of carbonyl (C=O) groups is 1. The maximum absolute atomic E-state index is 11.8. The molecule has 1 aromatic rings. The first-order chi connectivity index (χ1) is 11.6. The molecule has 0 aliphatic heterocycles. The Morgan fingerprint density at radius 3 is 2.62 bits per heavy atom. The molecule has 7 heteroatoms. The molecule has 0 saturated carbocycles. The number of thiol groups is 2. The summed E-state index contributed by atoms with van der Waals surface area (Å²) in [6.07, 6.45) is 4.36. The molecule has 5 nitrogen and oxygen atoms in total. The molecule has 0 spiro atoms. The van der Waals surface area contributed by atoms with Crippen molar-refractivity contribution in [2.24, 2.45) is 11.5 Å². The van der Waals surface area contributed by atoms with Gasteiger partial charge in [-0.3, -0.25) is 4.79 Å². The molecule has 1 rings (SSSR count). The van der Waals surface area contributed by atoms with Crippen LogP contribution in [-0.4, -0.2) is 25.6 Å². The molecule has 0 unspecified atom stereocenters. The summed E-state index contributed by atoms with van der Waals surface area (Å²) in [4.78, 5) is 11.8. The number of nitrogens with one attached hydrogen (secondary N) is 1. The third-order valence-electron chi connectivity index (χ3n) is 3.46. The van der Waals surface area contributed by atoms with Gasteiger partial charge in [-0.25, -0.2) is 0 Å². The van der Waals surface area contributed by atoms with Crippen molar-refractivity contribution in [3.63, 3.8) is 0 Å². The monoisotopic (exact) mass is 369 g/mol. The van der Waals surface area contributed by atoms with E-state index in [1.807, 2.05) is 18.2 Å². The Bertz CT molecular complexity index is 551. The third-order valence-corrected chi connectivity index (χ3v) is 4.14. The zero-order valence-electron chi connectivity index (χ0n) is 13.8. The summed E-state index contributed by atoms with van der Waals surface area (Å²) in [5.41, 5.74) is 13.6. The predicted molar refractivity (Wildman–Crippen MR) is 106 cm³/mol. The van der Waals surface area contributed by atoms with Crippen molar-refractivity contribution >= 4 is 31.2 Å². The molecule has 0 aromatic heterocycles. The van der Waals surface area contributed by atoms with Crippen LogP contribution in [0.25, 0.3) is 0 Å². The van der Waals surface area contributed by atoms with Crippen LogP contribution in [0, 0.1) is 0 Å². The topological polar surface area (TPSA) is 90.4 Å². The molecule has 0 saturated heterocycles. The van der Waals surface area contributed by atoms with E-state index < -0.39 is 0 Å². The number of nitrogens with two attached hydrogens (primary N) is 2. The van der Waals surface area contributed by atoms with Crippen LogP contribution in [0.5, 0.6) is 5.75 Å². The second-order valence-electron chi connectivity index (χ2n) is 5.30. The summed E-state index contributed by atoms with van der Waals surface area (Å²) in [7, 11) is 0. The van der Waals surface area contributed by atoms with Crippen LogP contribution in [0.2, 0.25) is 0 Å². The molecule has 0 radical (unpaired) electrons. The van der Waals surface area contributed by atoms with E-state index in [1.165, 1.54) is 0 Å². The van der Waals surface area contributed by atoms with Gasteiger partial charge >= 0.3 is 0 Å². The molecule has 0 fully saturated rings. The normalized spacial score (nSPS) is 11.4. The number of benzene rings is 1. The van der Waals surface area contributed by atoms with Crippen LogP contribution in [0.4, 0.5) is 0 Å². The van der Waals surface area contributed by atoms with E-state index in [4.69, 9.17) is 16.2 Å². The Labute approximate surface area is 155 Å². The molecule has 0 aliphatic rings. The van der Waals surface area contributed by atoms with Crippen LogP contribution in [0.3, 0.4) is 0 Å². The average molecular weight is 370 g/mol. The molecule has 0 heterocycles. The lowest BCUT2D eigenvalue weighted by Crippen LogP contribution is -2.32. The largest absolute Gasteiger partial charge is 0.492 e. The molecule has 0 atom stereocenters.